The van der Waals surface area contributed by atoms with Crippen molar-refractivity contribution in [1.82, 2.24) is 0 Å². The molecule has 25 heavy (non-hydrogen) atoms. The molecule has 0 spiro atoms. The van der Waals surface area contributed by atoms with Crippen molar-refractivity contribution in [1.29, 1.82) is 0 Å². The van der Waals surface area contributed by atoms with Crippen LogP contribution in [0.2, 0.25) is 0 Å². The van der Waals surface area contributed by atoms with E-state index >= 15 is 0 Å². The summed E-state index contributed by atoms with van der Waals surface area (Å²) in [5.41, 5.74) is 0.690. The number of nitrogens with zero attached hydrogens (tertiary/aromatic N) is 1. The molecule has 1 aromatic carbocycles. The van der Waals surface area contributed by atoms with Gasteiger partial charge in [-0.05, 0) is 18.4 Å². The van der Waals surface area contributed by atoms with Crippen molar-refractivity contribution in [3.05, 3.63) is 46.0 Å². The monoisotopic (exact) mass is 345 g/mol. The van der Waals surface area contributed by atoms with Crippen molar-refractivity contribution in [2.24, 2.45) is 5.92 Å². The molecule has 0 unspecified atom stereocenters. The van der Waals surface area contributed by atoms with Gasteiger partial charge < -0.3 is 9.63 Å². The first-order chi connectivity index (χ1) is 12.2. The number of hydrogen-bond acceptors (Lipinski definition) is 4. The highest BCUT2D eigenvalue weighted by Gasteiger charge is 2.20. The normalized spacial score (nSPS) is 12.5. The van der Waals surface area contributed by atoms with Crippen LogP contribution in [-0.2, 0) is 9.63 Å². The second-order valence-corrected chi connectivity index (χ2v) is 6.08. The second kappa shape index (κ2) is 13.0. The summed E-state index contributed by atoms with van der Waals surface area (Å²) in [7, 11) is 0. The third kappa shape index (κ3) is 9.51. The molecule has 0 bridgehead atoms. The lowest BCUT2D eigenvalue weighted by Crippen LogP contribution is -2.15. The fourth-order valence-electron chi connectivity index (χ4n) is 2.58. The zero-order valence-electron chi connectivity index (χ0n) is 14.9. The van der Waals surface area contributed by atoms with E-state index in [1.165, 1.54) is 25.7 Å². The van der Waals surface area contributed by atoms with Gasteiger partial charge in [0.25, 0.3) is 5.09 Å². The van der Waals surface area contributed by atoms with Crippen LogP contribution < -0.4 is 0 Å². The molecule has 0 heterocycles. The minimum atomic E-state index is -0.804. The van der Waals surface area contributed by atoms with Gasteiger partial charge in [0, 0.05) is 18.8 Å². The average molecular weight is 345 g/mol. The Morgan fingerprint density at radius 1 is 1.16 bits per heavy atom. The summed E-state index contributed by atoms with van der Waals surface area (Å²) in [4.78, 5) is 26.8. The number of aldehydes is 1. The van der Waals surface area contributed by atoms with Gasteiger partial charge in [-0.2, -0.15) is 0 Å². The van der Waals surface area contributed by atoms with Gasteiger partial charge >= 0.3 is 0 Å². The van der Waals surface area contributed by atoms with Gasteiger partial charge in [-0.1, -0.05) is 62.9 Å². The van der Waals surface area contributed by atoms with Crippen molar-refractivity contribution in [3.8, 4) is 11.8 Å². The smallest absolute Gasteiger partial charge is 0.295 e. The van der Waals surface area contributed by atoms with Crippen LogP contribution in [-0.4, -0.2) is 11.4 Å². The van der Waals surface area contributed by atoms with Gasteiger partial charge in [-0.15, -0.1) is 22.0 Å². The molecule has 0 saturated heterocycles. The minimum Gasteiger partial charge on any atom is -0.306 e. The van der Waals surface area contributed by atoms with Crippen LogP contribution in [0.25, 0.3) is 0 Å². The van der Waals surface area contributed by atoms with Crippen LogP contribution in [0.15, 0.2) is 30.3 Å². The first-order valence-corrected chi connectivity index (χ1v) is 8.94. The zero-order chi connectivity index (χ0) is 18.3. The molecule has 136 valence electrons. The number of benzene rings is 1. The Morgan fingerprint density at radius 2 is 1.88 bits per heavy atom. The van der Waals surface area contributed by atoms with Gasteiger partial charge in [0.2, 0.25) is 0 Å². The van der Waals surface area contributed by atoms with Crippen molar-refractivity contribution in [2.75, 3.05) is 0 Å². The lowest BCUT2D eigenvalue weighted by Gasteiger charge is -2.17. The third-order valence-electron chi connectivity index (χ3n) is 3.99. The molecule has 0 aromatic heterocycles. The predicted octanol–water partition coefficient (Wildman–Crippen LogP) is 4.90. The minimum absolute atomic E-state index is 0.250. The van der Waals surface area contributed by atoms with Crippen molar-refractivity contribution >= 4 is 6.29 Å². The van der Waals surface area contributed by atoms with Gasteiger partial charge in [0.15, 0.2) is 0 Å². The quantitative estimate of drug-likeness (QED) is 0.178. The van der Waals surface area contributed by atoms with E-state index < -0.39 is 11.2 Å². The summed E-state index contributed by atoms with van der Waals surface area (Å²) in [6, 6.07) is 8.94. The lowest BCUT2D eigenvalue weighted by molar-refractivity contribution is -0.771. The number of carbonyl (C=O) groups excluding carboxylic acids is 1. The largest absolute Gasteiger partial charge is 0.306 e. The van der Waals surface area contributed by atoms with E-state index in [0.717, 1.165) is 19.1 Å². The van der Waals surface area contributed by atoms with Gasteiger partial charge in [0.05, 0.1) is 0 Å². The molecule has 0 saturated carbocycles. The van der Waals surface area contributed by atoms with Gasteiger partial charge in [0.1, 0.15) is 12.4 Å². The summed E-state index contributed by atoms with van der Waals surface area (Å²) in [5, 5.41) is 9.92. The van der Waals surface area contributed by atoms with Crippen molar-refractivity contribution in [2.45, 2.75) is 64.4 Å². The second-order valence-electron chi connectivity index (χ2n) is 6.08. The molecule has 0 N–H and O–H groups in total. The van der Waals surface area contributed by atoms with Crippen LogP contribution in [0.1, 0.15) is 70.0 Å². The van der Waals surface area contributed by atoms with Crippen LogP contribution in [0.3, 0.4) is 0 Å². The molecule has 0 fully saturated rings. The van der Waals surface area contributed by atoms with E-state index in [2.05, 4.69) is 18.8 Å². The molecular weight excluding hydrogens is 318 g/mol. The Balaban J connectivity index is 2.49. The zero-order valence-corrected chi connectivity index (χ0v) is 14.9. The predicted molar refractivity (Wildman–Crippen MR) is 97.2 cm³/mol. The molecule has 0 aliphatic rings. The maximum atomic E-state index is 11.3. The Morgan fingerprint density at radius 3 is 2.52 bits per heavy atom. The summed E-state index contributed by atoms with van der Waals surface area (Å²) >= 11 is 0. The highest BCUT2D eigenvalue weighted by molar-refractivity contribution is 5.54. The van der Waals surface area contributed by atoms with E-state index in [1.807, 2.05) is 6.07 Å². The van der Waals surface area contributed by atoms with Crippen molar-refractivity contribution in [3.63, 3.8) is 0 Å². The van der Waals surface area contributed by atoms with Crippen LogP contribution in [0.4, 0.5) is 0 Å². The Bertz CT molecular complexity index is 562. The van der Waals surface area contributed by atoms with Crippen LogP contribution in [0, 0.1) is 27.9 Å². The SMILES string of the molecule is CCCCCCCC#CC[C@H](C=O)C[C@H](O[N+](=O)[O-])c1ccccc1. The molecular formula is C20H27NO4. The Labute approximate surface area is 149 Å². The fourth-order valence-corrected chi connectivity index (χ4v) is 2.58. The Hall–Kier alpha value is -2.35. The van der Waals surface area contributed by atoms with Crippen LogP contribution >= 0.6 is 0 Å². The number of hydrogen-bond donors (Lipinski definition) is 0. The standard InChI is InChI=1S/C20H27NO4/c1-2-3-4-5-6-7-8-10-13-18(17-22)16-20(25-21(23)24)19-14-11-9-12-15-19/h9,11-12,14-15,17-18,20H,2-7,13,16H2,1H3/t18-,20-/m0/s1. The highest BCUT2D eigenvalue weighted by atomic mass is 17.0. The maximum absolute atomic E-state index is 11.3. The first-order valence-electron chi connectivity index (χ1n) is 8.94. The molecule has 0 amide bonds. The fraction of sp³-hybridized carbons (Fsp3) is 0.550. The molecule has 0 radical (unpaired) electrons. The molecule has 0 aliphatic heterocycles. The third-order valence-corrected chi connectivity index (χ3v) is 3.99. The maximum Gasteiger partial charge on any atom is 0.295 e. The molecule has 1 rings (SSSR count). The molecule has 2 atom stereocenters. The highest BCUT2D eigenvalue weighted by Crippen LogP contribution is 2.26. The van der Waals surface area contributed by atoms with Crippen LogP contribution in [0.5, 0.6) is 0 Å². The molecule has 1 aromatic rings. The summed E-state index contributed by atoms with van der Waals surface area (Å²) in [6.45, 7) is 2.19. The van der Waals surface area contributed by atoms with E-state index in [-0.39, 0.29) is 12.3 Å². The van der Waals surface area contributed by atoms with Gasteiger partial charge in [-0.25, -0.2) is 0 Å². The van der Waals surface area contributed by atoms with E-state index in [4.69, 9.17) is 4.84 Å². The summed E-state index contributed by atoms with van der Waals surface area (Å²) in [5.74, 6) is 5.75. The topological polar surface area (TPSA) is 69.4 Å². The summed E-state index contributed by atoms with van der Waals surface area (Å²) < 4.78 is 0. The van der Waals surface area contributed by atoms with Crippen molar-refractivity contribution < 1.29 is 14.7 Å². The average Bonchev–Trinajstić information content (AvgIpc) is 2.62. The lowest BCUT2D eigenvalue weighted by atomic mass is 9.95. The van der Waals surface area contributed by atoms with E-state index in [9.17, 15) is 14.9 Å². The van der Waals surface area contributed by atoms with E-state index in [1.54, 1.807) is 24.3 Å². The molecule has 0 aliphatic carbocycles. The van der Waals surface area contributed by atoms with E-state index in [0.29, 0.717) is 12.0 Å². The summed E-state index contributed by atoms with van der Waals surface area (Å²) in [6.07, 6.45) is 7.55. The number of carbonyl (C=O) groups is 1. The van der Waals surface area contributed by atoms with Gasteiger partial charge in [-0.3, -0.25) is 0 Å². The molecule has 5 nitrogen and oxygen atoms in total. The Kier molecular flexibility index (Phi) is 10.8. The first kappa shape index (κ1) is 20.7. The molecule has 5 heteroatoms. The number of unbranched alkanes of at least 4 members (excludes halogenated alkanes) is 5. The number of rotatable bonds is 12.